The fourth-order valence-corrected chi connectivity index (χ4v) is 1.23. The SMILES string of the molecule is CCCC(=O)Nc1ccc(/C(N)=N/O)cc1. The molecule has 1 aromatic rings. The maximum absolute atomic E-state index is 11.3. The van der Waals surface area contributed by atoms with Gasteiger partial charge in [0, 0.05) is 17.7 Å². The van der Waals surface area contributed by atoms with Gasteiger partial charge in [0.2, 0.25) is 5.91 Å². The van der Waals surface area contributed by atoms with Crippen LogP contribution in [0.1, 0.15) is 25.3 Å². The maximum atomic E-state index is 11.3. The molecular formula is C11H15N3O2. The average molecular weight is 221 g/mol. The van der Waals surface area contributed by atoms with E-state index in [1.165, 1.54) is 0 Å². The van der Waals surface area contributed by atoms with Crippen LogP contribution < -0.4 is 11.1 Å². The van der Waals surface area contributed by atoms with Crippen LogP contribution in [0, 0.1) is 0 Å². The molecule has 5 nitrogen and oxygen atoms in total. The first-order valence-corrected chi connectivity index (χ1v) is 5.05. The number of nitrogens with two attached hydrogens (primary N) is 1. The van der Waals surface area contributed by atoms with E-state index in [-0.39, 0.29) is 11.7 Å². The summed E-state index contributed by atoms with van der Waals surface area (Å²) in [5, 5.41) is 14.1. The second kappa shape index (κ2) is 5.75. The van der Waals surface area contributed by atoms with Crippen molar-refractivity contribution in [3.63, 3.8) is 0 Å². The Morgan fingerprint density at radius 2 is 2.06 bits per heavy atom. The summed E-state index contributed by atoms with van der Waals surface area (Å²) in [4.78, 5) is 11.3. The van der Waals surface area contributed by atoms with Crippen molar-refractivity contribution >= 4 is 17.4 Å². The second-order valence-electron chi connectivity index (χ2n) is 3.36. The summed E-state index contributed by atoms with van der Waals surface area (Å²) in [6, 6.07) is 6.77. The highest BCUT2D eigenvalue weighted by Crippen LogP contribution is 2.10. The van der Waals surface area contributed by atoms with Crippen LogP contribution in [-0.4, -0.2) is 17.0 Å². The number of amidine groups is 1. The van der Waals surface area contributed by atoms with Gasteiger partial charge < -0.3 is 16.3 Å². The summed E-state index contributed by atoms with van der Waals surface area (Å²) in [6.45, 7) is 1.95. The van der Waals surface area contributed by atoms with Gasteiger partial charge in [-0.25, -0.2) is 0 Å². The smallest absolute Gasteiger partial charge is 0.224 e. The minimum absolute atomic E-state index is 0.0148. The van der Waals surface area contributed by atoms with E-state index in [1.807, 2.05) is 6.92 Å². The zero-order valence-corrected chi connectivity index (χ0v) is 9.10. The number of anilines is 1. The van der Waals surface area contributed by atoms with Crippen LogP contribution in [0.3, 0.4) is 0 Å². The number of hydrogen-bond donors (Lipinski definition) is 3. The summed E-state index contributed by atoms with van der Waals surface area (Å²) in [5.41, 5.74) is 6.72. The molecular weight excluding hydrogens is 206 g/mol. The minimum Gasteiger partial charge on any atom is -0.409 e. The average Bonchev–Trinajstić information content (AvgIpc) is 2.29. The van der Waals surface area contributed by atoms with E-state index in [0.717, 1.165) is 6.42 Å². The molecule has 0 aliphatic heterocycles. The van der Waals surface area contributed by atoms with Gasteiger partial charge >= 0.3 is 0 Å². The minimum atomic E-state index is -0.0148. The molecule has 5 heteroatoms. The third-order valence-electron chi connectivity index (χ3n) is 2.05. The van der Waals surface area contributed by atoms with E-state index in [9.17, 15) is 4.79 Å². The molecule has 0 bridgehead atoms. The van der Waals surface area contributed by atoms with Gasteiger partial charge in [-0.15, -0.1) is 0 Å². The lowest BCUT2D eigenvalue weighted by molar-refractivity contribution is -0.116. The Hall–Kier alpha value is -2.04. The van der Waals surface area contributed by atoms with Crippen molar-refractivity contribution in [3.05, 3.63) is 29.8 Å². The number of oxime groups is 1. The summed E-state index contributed by atoms with van der Waals surface area (Å²) in [5.74, 6) is 0.0329. The van der Waals surface area contributed by atoms with E-state index in [2.05, 4.69) is 10.5 Å². The maximum Gasteiger partial charge on any atom is 0.224 e. The van der Waals surface area contributed by atoms with Gasteiger partial charge in [-0.05, 0) is 30.7 Å². The largest absolute Gasteiger partial charge is 0.409 e. The Bertz CT molecular complexity index is 385. The van der Waals surface area contributed by atoms with Crippen LogP contribution in [0.4, 0.5) is 5.69 Å². The molecule has 0 aliphatic carbocycles. The van der Waals surface area contributed by atoms with Gasteiger partial charge in [0.25, 0.3) is 0 Å². The highest BCUT2D eigenvalue weighted by molar-refractivity contribution is 5.98. The van der Waals surface area contributed by atoms with Gasteiger partial charge in [0.15, 0.2) is 5.84 Å². The molecule has 0 heterocycles. The molecule has 86 valence electrons. The van der Waals surface area contributed by atoms with Crippen LogP contribution >= 0.6 is 0 Å². The van der Waals surface area contributed by atoms with Gasteiger partial charge in [-0.2, -0.15) is 0 Å². The van der Waals surface area contributed by atoms with Gasteiger partial charge in [0.1, 0.15) is 0 Å². The molecule has 1 aromatic carbocycles. The summed E-state index contributed by atoms with van der Waals surface area (Å²) < 4.78 is 0. The molecule has 1 rings (SSSR count). The molecule has 0 aliphatic rings. The molecule has 0 saturated heterocycles. The first-order chi connectivity index (χ1) is 7.67. The van der Waals surface area contributed by atoms with Crippen molar-refractivity contribution in [1.29, 1.82) is 0 Å². The number of amides is 1. The fraction of sp³-hybridized carbons (Fsp3) is 0.273. The number of hydrogen-bond acceptors (Lipinski definition) is 3. The lowest BCUT2D eigenvalue weighted by Gasteiger charge is -2.05. The number of carbonyl (C=O) groups is 1. The molecule has 0 atom stereocenters. The van der Waals surface area contributed by atoms with E-state index in [0.29, 0.717) is 17.7 Å². The van der Waals surface area contributed by atoms with Gasteiger partial charge in [-0.1, -0.05) is 12.1 Å². The number of carbonyl (C=O) groups excluding carboxylic acids is 1. The topological polar surface area (TPSA) is 87.7 Å². The Morgan fingerprint density at radius 1 is 1.44 bits per heavy atom. The number of benzene rings is 1. The van der Waals surface area contributed by atoms with Crippen molar-refractivity contribution < 1.29 is 10.0 Å². The summed E-state index contributed by atoms with van der Waals surface area (Å²) in [7, 11) is 0. The van der Waals surface area contributed by atoms with Gasteiger partial charge in [-0.3, -0.25) is 4.79 Å². The number of nitrogens with one attached hydrogen (secondary N) is 1. The molecule has 16 heavy (non-hydrogen) atoms. The van der Waals surface area contributed by atoms with Crippen molar-refractivity contribution in [2.75, 3.05) is 5.32 Å². The fourth-order valence-electron chi connectivity index (χ4n) is 1.23. The van der Waals surface area contributed by atoms with E-state index >= 15 is 0 Å². The normalized spacial score (nSPS) is 11.2. The molecule has 0 spiro atoms. The Kier molecular flexibility index (Phi) is 4.32. The molecule has 0 aromatic heterocycles. The highest BCUT2D eigenvalue weighted by Gasteiger charge is 2.02. The Labute approximate surface area is 94.0 Å². The van der Waals surface area contributed by atoms with E-state index in [1.54, 1.807) is 24.3 Å². The predicted octanol–water partition coefficient (Wildman–Crippen LogP) is 1.52. The van der Waals surface area contributed by atoms with Crippen LogP contribution in [0.15, 0.2) is 29.4 Å². The Morgan fingerprint density at radius 3 is 2.56 bits per heavy atom. The molecule has 0 unspecified atom stereocenters. The molecule has 0 radical (unpaired) electrons. The highest BCUT2D eigenvalue weighted by atomic mass is 16.4. The first-order valence-electron chi connectivity index (χ1n) is 5.05. The molecule has 4 N–H and O–H groups in total. The van der Waals surface area contributed by atoms with Crippen LogP contribution in [0.2, 0.25) is 0 Å². The standard InChI is InChI=1S/C11H15N3O2/c1-2-3-10(15)13-9-6-4-8(5-7-9)11(12)14-16/h4-7,16H,2-3H2,1H3,(H2,12,14)(H,13,15). The first kappa shape index (κ1) is 12.0. The van der Waals surface area contributed by atoms with E-state index in [4.69, 9.17) is 10.9 Å². The predicted molar refractivity (Wildman–Crippen MR) is 62.5 cm³/mol. The van der Waals surface area contributed by atoms with Crippen molar-refractivity contribution in [1.82, 2.24) is 0 Å². The van der Waals surface area contributed by atoms with E-state index < -0.39 is 0 Å². The summed E-state index contributed by atoms with van der Waals surface area (Å²) >= 11 is 0. The zero-order valence-electron chi connectivity index (χ0n) is 9.10. The third-order valence-corrected chi connectivity index (χ3v) is 2.05. The lowest BCUT2D eigenvalue weighted by Crippen LogP contribution is -2.14. The molecule has 1 amide bonds. The number of nitrogens with zero attached hydrogens (tertiary/aromatic N) is 1. The van der Waals surface area contributed by atoms with Crippen LogP contribution in [0.5, 0.6) is 0 Å². The Balaban J connectivity index is 2.68. The lowest BCUT2D eigenvalue weighted by atomic mass is 10.2. The van der Waals surface area contributed by atoms with Gasteiger partial charge in [0.05, 0.1) is 0 Å². The van der Waals surface area contributed by atoms with Crippen LogP contribution in [-0.2, 0) is 4.79 Å². The number of rotatable bonds is 4. The van der Waals surface area contributed by atoms with Crippen molar-refractivity contribution in [2.24, 2.45) is 10.9 Å². The second-order valence-corrected chi connectivity index (χ2v) is 3.36. The monoisotopic (exact) mass is 221 g/mol. The third kappa shape index (κ3) is 3.27. The quantitative estimate of drug-likeness (QED) is 0.312. The summed E-state index contributed by atoms with van der Waals surface area (Å²) in [6.07, 6.45) is 1.32. The molecule has 0 saturated carbocycles. The van der Waals surface area contributed by atoms with Crippen LogP contribution in [0.25, 0.3) is 0 Å². The molecule has 0 fully saturated rings. The zero-order chi connectivity index (χ0) is 12.0. The van der Waals surface area contributed by atoms with Crippen molar-refractivity contribution in [2.45, 2.75) is 19.8 Å². The van der Waals surface area contributed by atoms with Crippen molar-refractivity contribution in [3.8, 4) is 0 Å².